The predicted molar refractivity (Wildman–Crippen MR) is 52.8 cm³/mol. The van der Waals surface area contributed by atoms with Gasteiger partial charge in [0, 0.05) is 17.8 Å². The van der Waals surface area contributed by atoms with Gasteiger partial charge in [0.1, 0.15) is 0 Å². The van der Waals surface area contributed by atoms with Crippen molar-refractivity contribution < 1.29 is 0 Å². The zero-order chi connectivity index (χ0) is 9.38. The van der Waals surface area contributed by atoms with Crippen LogP contribution in [0.1, 0.15) is 0 Å². The van der Waals surface area contributed by atoms with Crippen molar-refractivity contribution in [3.05, 3.63) is 42.6 Å². The highest BCUT2D eigenvalue weighted by Gasteiger charge is 2.04. The molecule has 0 fully saturated rings. The molecule has 2 aromatic heterocycles. The first kappa shape index (κ1) is 7.32. The van der Waals surface area contributed by atoms with Crippen LogP contribution in [0.2, 0.25) is 0 Å². The number of hydrogen-bond acceptors (Lipinski definition) is 2. The quantitative estimate of drug-likeness (QED) is 0.626. The van der Waals surface area contributed by atoms with Gasteiger partial charge in [-0.2, -0.15) is 4.63 Å². The maximum Gasteiger partial charge on any atom is 0.183 e. The van der Waals surface area contributed by atoms with Crippen molar-refractivity contribution in [2.75, 3.05) is 0 Å². The maximum atomic E-state index is 4.36. The minimum absolute atomic E-state index is 0.748. The van der Waals surface area contributed by atoms with E-state index in [-0.39, 0.29) is 0 Å². The number of rotatable bonds is 1. The Morgan fingerprint density at radius 2 is 1.93 bits per heavy atom. The first-order chi connectivity index (χ1) is 6.93. The Labute approximate surface area is 80.2 Å². The van der Waals surface area contributed by atoms with Crippen LogP contribution in [0.3, 0.4) is 0 Å². The van der Waals surface area contributed by atoms with Crippen molar-refractivity contribution in [1.29, 1.82) is 0 Å². The Hall–Kier alpha value is -2.10. The van der Waals surface area contributed by atoms with E-state index in [1.165, 1.54) is 0 Å². The number of aromatic amines is 1. The van der Waals surface area contributed by atoms with Gasteiger partial charge in [0.2, 0.25) is 0 Å². The molecule has 4 nitrogen and oxygen atoms in total. The number of aromatic nitrogens is 4. The van der Waals surface area contributed by atoms with E-state index in [1.54, 1.807) is 4.63 Å². The summed E-state index contributed by atoms with van der Waals surface area (Å²) in [6.07, 6.45) is 1.81. The lowest BCUT2D eigenvalue weighted by molar-refractivity contribution is 0.825. The summed E-state index contributed by atoms with van der Waals surface area (Å²) in [5, 5.41) is 7.25. The monoisotopic (exact) mass is 184 g/mol. The highest BCUT2D eigenvalue weighted by Crippen LogP contribution is 2.14. The molecule has 0 atom stereocenters. The Morgan fingerprint density at radius 1 is 1.07 bits per heavy atom. The average molecular weight is 184 g/mol. The largest absolute Gasteiger partial charge is 0.283 e. The van der Waals surface area contributed by atoms with E-state index in [1.807, 2.05) is 42.6 Å². The van der Waals surface area contributed by atoms with Crippen molar-refractivity contribution in [2.24, 2.45) is 0 Å². The molecule has 0 aliphatic carbocycles. The number of nitrogens with zero attached hydrogens (tertiary/aromatic N) is 3. The topological polar surface area (TPSA) is 46.0 Å². The predicted octanol–water partition coefficient (Wildman–Crippen LogP) is 1.72. The average Bonchev–Trinajstić information content (AvgIpc) is 2.78. The fourth-order valence-corrected chi connectivity index (χ4v) is 1.42. The summed E-state index contributed by atoms with van der Waals surface area (Å²) in [4.78, 5) is 4.36. The van der Waals surface area contributed by atoms with Gasteiger partial charge in [-0.1, -0.05) is 30.3 Å². The second kappa shape index (κ2) is 2.70. The molecule has 0 radical (unpaired) electrons. The normalized spacial score (nSPS) is 10.9. The fraction of sp³-hybridized carbons (Fsp3) is 0. The summed E-state index contributed by atoms with van der Waals surface area (Å²) in [7, 11) is 0. The molecule has 0 aliphatic heterocycles. The molecular formula is C10H8N4. The number of benzene rings is 1. The molecular weight excluding hydrogens is 176 g/mol. The third-order valence-electron chi connectivity index (χ3n) is 2.09. The molecule has 3 aromatic rings. The molecule has 0 saturated carbocycles. The zero-order valence-electron chi connectivity index (χ0n) is 7.38. The number of H-pyrrole nitrogens is 1. The molecule has 0 aliphatic rings. The number of fused-ring (bicyclic) bond motifs is 1. The van der Waals surface area contributed by atoms with E-state index in [4.69, 9.17) is 0 Å². The molecule has 1 N–H and O–H groups in total. The summed E-state index contributed by atoms with van der Waals surface area (Å²) >= 11 is 0. The van der Waals surface area contributed by atoms with Crippen molar-refractivity contribution in [2.45, 2.75) is 0 Å². The lowest BCUT2D eigenvalue weighted by Crippen LogP contribution is -1.85. The van der Waals surface area contributed by atoms with E-state index >= 15 is 0 Å². The summed E-state index contributed by atoms with van der Waals surface area (Å²) in [5.74, 6) is 0.748. The molecule has 0 spiro atoms. The lowest BCUT2D eigenvalue weighted by Gasteiger charge is -1.91. The highest BCUT2D eigenvalue weighted by atomic mass is 15.4. The molecule has 0 bridgehead atoms. The summed E-state index contributed by atoms with van der Waals surface area (Å²) in [6, 6.07) is 11.8. The van der Waals surface area contributed by atoms with Gasteiger partial charge in [-0.05, 0) is 0 Å². The van der Waals surface area contributed by atoms with Crippen LogP contribution in [0.25, 0.3) is 17.0 Å². The Balaban J connectivity index is 2.19. The van der Waals surface area contributed by atoms with E-state index in [2.05, 4.69) is 15.2 Å². The third kappa shape index (κ3) is 1.01. The van der Waals surface area contributed by atoms with Gasteiger partial charge in [0.25, 0.3) is 0 Å². The highest BCUT2D eigenvalue weighted by molar-refractivity contribution is 5.57. The minimum Gasteiger partial charge on any atom is -0.283 e. The van der Waals surface area contributed by atoms with Gasteiger partial charge in [0.05, 0.1) is 0 Å². The van der Waals surface area contributed by atoms with Crippen LogP contribution in [0.4, 0.5) is 0 Å². The summed E-state index contributed by atoms with van der Waals surface area (Å²) < 4.78 is 1.66. The van der Waals surface area contributed by atoms with Gasteiger partial charge in [-0.25, -0.2) is 4.98 Å². The van der Waals surface area contributed by atoms with Crippen LogP contribution in [0.5, 0.6) is 0 Å². The molecule has 14 heavy (non-hydrogen) atoms. The maximum absolute atomic E-state index is 4.36. The standard InChI is InChI=1S/C10H8N4/c1-2-4-8(5-3-1)10-12-9-6-7-11-14(9)13-10/h1-7,11H. The smallest absolute Gasteiger partial charge is 0.183 e. The third-order valence-corrected chi connectivity index (χ3v) is 2.09. The molecule has 0 amide bonds. The van der Waals surface area contributed by atoms with Crippen LogP contribution in [-0.2, 0) is 0 Å². The Kier molecular flexibility index (Phi) is 1.41. The van der Waals surface area contributed by atoms with Gasteiger partial charge in [-0.3, -0.25) is 5.10 Å². The molecule has 4 heteroatoms. The van der Waals surface area contributed by atoms with Crippen LogP contribution in [0.15, 0.2) is 42.6 Å². The first-order valence-electron chi connectivity index (χ1n) is 4.39. The number of hydrogen-bond donors (Lipinski definition) is 1. The Morgan fingerprint density at radius 3 is 2.71 bits per heavy atom. The van der Waals surface area contributed by atoms with Gasteiger partial charge < -0.3 is 0 Å². The van der Waals surface area contributed by atoms with Crippen LogP contribution in [0, 0.1) is 0 Å². The van der Waals surface area contributed by atoms with E-state index in [9.17, 15) is 0 Å². The van der Waals surface area contributed by atoms with Crippen LogP contribution < -0.4 is 0 Å². The second-order valence-corrected chi connectivity index (χ2v) is 3.03. The summed E-state index contributed by atoms with van der Waals surface area (Å²) in [5.41, 5.74) is 1.87. The van der Waals surface area contributed by atoms with E-state index in [0.29, 0.717) is 0 Å². The lowest BCUT2D eigenvalue weighted by atomic mass is 10.2. The SMILES string of the molecule is c1ccc(-c2nc3cc[nH]n3n2)cc1. The molecule has 2 heterocycles. The molecule has 0 unspecified atom stereocenters. The number of nitrogens with one attached hydrogen (secondary N) is 1. The van der Waals surface area contributed by atoms with Crippen molar-refractivity contribution in [1.82, 2.24) is 19.8 Å². The van der Waals surface area contributed by atoms with E-state index in [0.717, 1.165) is 17.0 Å². The molecule has 1 aromatic carbocycles. The molecule has 3 rings (SSSR count). The van der Waals surface area contributed by atoms with Crippen molar-refractivity contribution >= 4 is 5.65 Å². The van der Waals surface area contributed by atoms with Gasteiger partial charge >= 0.3 is 0 Å². The Bertz CT molecular complexity index is 521. The van der Waals surface area contributed by atoms with Crippen LogP contribution in [-0.4, -0.2) is 19.8 Å². The van der Waals surface area contributed by atoms with Crippen molar-refractivity contribution in [3.8, 4) is 11.4 Å². The van der Waals surface area contributed by atoms with Crippen molar-refractivity contribution in [3.63, 3.8) is 0 Å². The van der Waals surface area contributed by atoms with Gasteiger partial charge in [0.15, 0.2) is 11.5 Å². The van der Waals surface area contributed by atoms with Crippen LogP contribution >= 0.6 is 0 Å². The zero-order valence-corrected chi connectivity index (χ0v) is 7.38. The van der Waals surface area contributed by atoms with Gasteiger partial charge in [-0.15, -0.1) is 5.10 Å². The second-order valence-electron chi connectivity index (χ2n) is 3.03. The molecule has 0 saturated heterocycles. The fourth-order valence-electron chi connectivity index (χ4n) is 1.42. The minimum atomic E-state index is 0.748. The summed E-state index contributed by atoms with van der Waals surface area (Å²) in [6.45, 7) is 0. The first-order valence-corrected chi connectivity index (χ1v) is 4.39. The van der Waals surface area contributed by atoms with E-state index < -0.39 is 0 Å². The molecule has 68 valence electrons.